The lowest BCUT2D eigenvalue weighted by Crippen LogP contribution is -2.59. The fourth-order valence-electron chi connectivity index (χ4n) is 7.68. The van der Waals surface area contributed by atoms with Crippen molar-refractivity contribution in [2.45, 2.75) is 82.7 Å². The molecule has 8 heteroatoms. The number of nitrogens with one attached hydrogen (secondary N) is 2. The number of halogens is 1. The van der Waals surface area contributed by atoms with Crippen molar-refractivity contribution in [3.63, 3.8) is 0 Å². The van der Waals surface area contributed by atoms with Gasteiger partial charge >= 0.3 is 0 Å². The number of benzene rings is 2. The number of amides is 3. The van der Waals surface area contributed by atoms with E-state index in [0.717, 1.165) is 25.7 Å². The average molecular weight is 590 g/mol. The summed E-state index contributed by atoms with van der Waals surface area (Å²) in [6, 6.07) is 16.0. The van der Waals surface area contributed by atoms with Crippen LogP contribution >= 0.6 is 11.6 Å². The molecule has 3 fully saturated rings. The molecule has 3 aliphatic heterocycles. The van der Waals surface area contributed by atoms with Crippen LogP contribution in [0.3, 0.4) is 0 Å². The van der Waals surface area contributed by atoms with E-state index in [1.807, 2.05) is 37.3 Å². The van der Waals surface area contributed by atoms with Gasteiger partial charge in [0.1, 0.15) is 11.6 Å². The van der Waals surface area contributed by atoms with Crippen LogP contribution in [0.4, 0.5) is 5.69 Å². The van der Waals surface area contributed by atoms with E-state index in [-0.39, 0.29) is 29.8 Å². The third-order valence-electron chi connectivity index (χ3n) is 10.2. The molecule has 7 nitrogen and oxygen atoms in total. The van der Waals surface area contributed by atoms with E-state index < -0.39 is 29.6 Å². The molecule has 2 saturated heterocycles. The Hall–Kier alpha value is -3.16. The standard InChI is InChI=1S/C34H40ClN3O4/c1-20-9-7-14-26(22(20)3)37-32(40)30-34-18-17-27(42-34)28(31(39)36-25-13-8-12-24(35)19-25)29(34)33(41)38(30)21(2)15-16-23-10-5-4-6-11-23/h4-6,8,10-13,17-22,26-30H,7,9,14-16H2,1-3H3,(H,36,39)(H,37,40). The van der Waals surface area contributed by atoms with Gasteiger partial charge in [-0.2, -0.15) is 0 Å². The number of nitrogens with zero attached hydrogens (tertiary/aromatic N) is 1. The lowest BCUT2D eigenvalue weighted by Gasteiger charge is -2.39. The quantitative estimate of drug-likeness (QED) is 0.404. The Kier molecular flexibility index (Phi) is 7.92. The Morgan fingerprint density at radius 3 is 2.64 bits per heavy atom. The molecule has 2 aromatic rings. The Morgan fingerprint density at radius 1 is 1.10 bits per heavy atom. The number of ether oxygens (including phenoxy) is 1. The summed E-state index contributed by atoms with van der Waals surface area (Å²) >= 11 is 6.15. The molecule has 1 saturated carbocycles. The smallest absolute Gasteiger partial charge is 0.246 e. The van der Waals surface area contributed by atoms with Gasteiger partial charge in [-0.25, -0.2) is 0 Å². The SMILES string of the molecule is CC1CCCC(NC(=O)C2N(C(C)CCc3ccccc3)C(=O)C3C(C(=O)Nc4cccc(Cl)c4)C4C=CC32O4)C1C. The highest BCUT2D eigenvalue weighted by Crippen LogP contribution is 2.56. The van der Waals surface area contributed by atoms with E-state index in [1.165, 1.54) is 5.56 Å². The van der Waals surface area contributed by atoms with Crippen molar-refractivity contribution in [2.24, 2.45) is 23.7 Å². The second kappa shape index (κ2) is 11.5. The molecule has 9 atom stereocenters. The number of aryl methyl sites for hydroxylation is 1. The summed E-state index contributed by atoms with van der Waals surface area (Å²) < 4.78 is 6.54. The van der Waals surface area contributed by atoms with Crippen LogP contribution in [0.5, 0.6) is 0 Å². The minimum atomic E-state index is -1.19. The molecule has 2 bridgehead atoms. The van der Waals surface area contributed by atoms with E-state index in [2.05, 4.69) is 36.6 Å². The summed E-state index contributed by atoms with van der Waals surface area (Å²) in [4.78, 5) is 44.1. The van der Waals surface area contributed by atoms with Crippen LogP contribution < -0.4 is 10.6 Å². The van der Waals surface area contributed by atoms with Crippen molar-refractivity contribution in [3.05, 3.63) is 77.3 Å². The van der Waals surface area contributed by atoms with Gasteiger partial charge in [0.15, 0.2) is 0 Å². The monoisotopic (exact) mass is 589 g/mol. The summed E-state index contributed by atoms with van der Waals surface area (Å²) in [7, 11) is 0. The average Bonchev–Trinajstić information content (AvgIpc) is 3.62. The van der Waals surface area contributed by atoms with Crippen molar-refractivity contribution < 1.29 is 19.1 Å². The largest absolute Gasteiger partial charge is 0.359 e. The van der Waals surface area contributed by atoms with Crippen molar-refractivity contribution in [1.82, 2.24) is 10.2 Å². The van der Waals surface area contributed by atoms with Crippen molar-refractivity contribution in [2.75, 3.05) is 5.32 Å². The molecule has 1 aliphatic carbocycles. The third-order valence-corrected chi connectivity index (χ3v) is 10.4. The third kappa shape index (κ3) is 5.05. The van der Waals surface area contributed by atoms with Gasteiger partial charge in [0.2, 0.25) is 17.7 Å². The highest BCUT2D eigenvalue weighted by Gasteiger charge is 2.73. The molecule has 3 amide bonds. The van der Waals surface area contributed by atoms with Gasteiger partial charge in [0.25, 0.3) is 0 Å². The molecule has 6 rings (SSSR count). The summed E-state index contributed by atoms with van der Waals surface area (Å²) in [5.74, 6) is -1.38. The summed E-state index contributed by atoms with van der Waals surface area (Å²) in [5.41, 5.74) is 0.546. The van der Waals surface area contributed by atoms with E-state index in [9.17, 15) is 14.4 Å². The first-order valence-corrected chi connectivity index (χ1v) is 15.7. The van der Waals surface area contributed by atoms with Crippen LogP contribution in [-0.4, -0.2) is 52.5 Å². The number of hydrogen-bond acceptors (Lipinski definition) is 4. The maximum Gasteiger partial charge on any atom is 0.246 e. The number of likely N-dealkylation sites (tertiary alicyclic amines) is 1. The van der Waals surface area contributed by atoms with Crippen molar-refractivity contribution >= 4 is 35.0 Å². The fraction of sp³-hybridized carbons (Fsp3) is 0.500. The molecule has 3 heterocycles. The van der Waals surface area contributed by atoms with Gasteiger partial charge in [0.05, 0.1) is 17.9 Å². The molecule has 2 N–H and O–H groups in total. The van der Waals surface area contributed by atoms with E-state index >= 15 is 0 Å². The number of carbonyl (C=O) groups excluding carboxylic acids is 3. The zero-order valence-corrected chi connectivity index (χ0v) is 25.2. The normalized spacial score (nSPS) is 33.9. The molecular weight excluding hydrogens is 550 g/mol. The van der Waals surface area contributed by atoms with E-state index in [0.29, 0.717) is 29.0 Å². The second-order valence-electron chi connectivity index (χ2n) is 12.7. The minimum absolute atomic E-state index is 0.0396. The predicted molar refractivity (Wildman–Crippen MR) is 163 cm³/mol. The zero-order valence-electron chi connectivity index (χ0n) is 24.5. The van der Waals surface area contributed by atoms with Crippen LogP contribution in [0.1, 0.15) is 52.0 Å². The van der Waals surface area contributed by atoms with Gasteiger partial charge in [-0.15, -0.1) is 0 Å². The molecule has 4 aliphatic rings. The number of rotatable bonds is 8. The molecule has 9 unspecified atom stereocenters. The number of carbonyl (C=O) groups is 3. The highest BCUT2D eigenvalue weighted by atomic mass is 35.5. The first-order chi connectivity index (χ1) is 20.2. The van der Waals surface area contributed by atoms with Gasteiger partial charge in [-0.05, 0) is 61.8 Å². The maximum atomic E-state index is 14.4. The summed E-state index contributed by atoms with van der Waals surface area (Å²) in [6.45, 7) is 6.44. The Balaban J connectivity index is 1.30. The first-order valence-electron chi connectivity index (χ1n) is 15.3. The van der Waals surface area contributed by atoms with E-state index in [4.69, 9.17) is 16.3 Å². The number of hydrogen-bond donors (Lipinski definition) is 2. The van der Waals surface area contributed by atoms with Crippen LogP contribution in [0.25, 0.3) is 0 Å². The van der Waals surface area contributed by atoms with Crippen molar-refractivity contribution in [3.8, 4) is 0 Å². The van der Waals surface area contributed by atoms with Crippen LogP contribution in [-0.2, 0) is 25.5 Å². The Morgan fingerprint density at radius 2 is 1.88 bits per heavy atom. The topological polar surface area (TPSA) is 87.7 Å². The molecule has 42 heavy (non-hydrogen) atoms. The number of fused-ring (bicyclic) bond motifs is 1. The van der Waals surface area contributed by atoms with Crippen LogP contribution in [0, 0.1) is 23.7 Å². The summed E-state index contributed by atoms with van der Waals surface area (Å²) in [5, 5.41) is 6.79. The Bertz CT molecular complexity index is 1380. The van der Waals surface area contributed by atoms with Gasteiger partial charge in [-0.3, -0.25) is 14.4 Å². The molecule has 2 aromatic carbocycles. The number of anilines is 1. The lowest BCUT2D eigenvalue weighted by atomic mass is 9.73. The zero-order chi connectivity index (χ0) is 29.6. The first kappa shape index (κ1) is 28.9. The molecule has 1 spiro atoms. The van der Waals surface area contributed by atoms with Crippen LogP contribution in [0.2, 0.25) is 5.02 Å². The van der Waals surface area contributed by atoms with Crippen molar-refractivity contribution in [1.29, 1.82) is 0 Å². The highest BCUT2D eigenvalue weighted by molar-refractivity contribution is 6.30. The van der Waals surface area contributed by atoms with Gasteiger partial charge in [-0.1, -0.05) is 86.8 Å². The lowest BCUT2D eigenvalue weighted by molar-refractivity contribution is -0.144. The molecular formula is C34H40ClN3O4. The summed E-state index contributed by atoms with van der Waals surface area (Å²) in [6.07, 6.45) is 7.75. The second-order valence-corrected chi connectivity index (χ2v) is 13.1. The molecule has 222 valence electrons. The van der Waals surface area contributed by atoms with Crippen LogP contribution in [0.15, 0.2) is 66.7 Å². The Labute approximate surface area is 253 Å². The fourth-order valence-corrected chi connectivity index (χ4v) is 7.87. The molecule has 0 radical (unpaired) electrons. The van der Waals surface area contributed by atoms with E-state index in [1.54, 1.807) is 29.2 Å². The maximum absolute atomic E-state index is 14.4. The van der Waals surface area contributed by atoms with Gasteiger partial charge < -0.3 is 20.3 Å². The predicted octanol–water partition coefficient (Wildman–Crippen LogP) is 5.39. The molecule has 0 aromatic heterocycles. The minimum Gasteiger partial charge on any atom is -0.359 e. The van der Waals surface area contributed by atoms with Gasteiger partial charge in [0, 0.05) is 22.8 Å².